The van der Waals surface area contributed by atoms with E-state index < -0.39 is 0 Å². The summed E-state index contributed by atoms with van der Waals surface area (Å²) in [5.74, 6) is 0. The molecule has 1 heterocycles. The van der Waals surface area contributed by atoms with Gasteiger partial charge in [-0.1, -0.05) is 6.92 Å². The van der Waals surface area contributed by atoms with Gasteiger partial charge in [-0.2, -0.15) is 5.10 Å². The Bertz CT molecular complexity index is 232. The van der Waals surface area contributed by atoms with Crippen LogP contribution in [-0.4, -0.2) is 15.9 Å². The van der Waals surface area contributed by atoms with Gasteiger partial charge in [0, 0.05) is 13.2 Å². The van der Waals surface area contributed by atoms with Gasteiger partial charge < -0.3 is 4.74 Å². The van der Waals surface area contributed by atoms with E-state index >= 15 is 0 Å². The van der Waals surface area contributed by atoms with Crippen LogP contribution in [0.4, 0.5) is 0 Å². The molecule has 1 unspecified atom stereocenters. The van der Waals surface area contributed by atoms with Crippen molar-refractivity contribution in [2.45, 2.75) is 33.0 Å². The number of rotatable bonds is 4. The van der Waals surface area contributed by atoms with Crippen molar-refractivity contribution >= 4 is 0 Å². The molecule has 0 fully saturated rings. The zero-order chi connectivity index (χ0) is 8.97. The average Bonchev–Trinajstić information content (AvgIpc) is 2.47. The second kappa shape index (κ2) is 4.26. The van der Waals surface area contributed by atoms with Crippen LogP contribution in [0, 0.1) is 0 Å². The van der Waals surface area contributed by atoms with Crippen LogP contribution in [0.2, 0.25) is 0 Å². The lowest BCUT2D eigenvalue weighted by Crippen LogP contribution is -2.06. The van der Waals surface area contributed by atoms with Crippen molar-refractivity contribution in [3.8, 4) is 0 Å². The Morgan fingerprint density at radius 3 is 2.92 bits per heavy atom. The molecule has 1 aromatic rings. The summed E-state index contributed by atoms with van der Waals surface area (Å²) in [7, 11) is 1.91. The second-order valence-electron chi connectivity index (χ2n) is 3.01. The molecule has 0 radical (unpaired) electrons. The highest BCUT2D eigenvalue weighted by atomic mass is 16.5. The van der Waals surface area contributed by atoms with Gasteiger partial charge in [0.15, 0.2) is 0 Å². The number of hydrogen-bond acceptors (Lipinski definition) is 2. The van der Waals surface area contributed by atoms with Crippen molar-refractivity contribution in [2.75, 3.05) is 0 Å². The molecule has 0 aliphatic rings. The van der Waals surface area contributed by atoms with E-state index in [0.717, 1.165) is 12.1 Å². The molecule has 68 valence electrons. The minimum Gasteiger partial charge on any atom is -0.372 e. The van der Waals surface area contributed by atoms with Crippen LogP contribution < -0.4 is 0 Å². The van der Waals surface area contributed by atoms with Gasteiger partial charge in [0.25, 0.3) is 0 Å². The molecule has 1 rings (SSSR count). The minimum atomic E-state index is 0.326. The van der Waals surface area contributed by atoms with E-state index in [0.29, 0.717) is 12.7 Å². The number of hydrogen-bond donors (Lipinski definition) is 0. The van der Waals surface area contributed by atoms with Crippen molar-refractivity contribution in [1.29, 1.82) is 0 Å². The number of nitrogens with zero attached hydrogens (tertiary/aromatic N) is 2. The molecule has 0 spiro atoms. The van der Waals surface area contributed by atoms with E-state index in [1.54, 1.807) is 4.68 Å². The van der Waals surface area contributed by atoms with Crippen molar-refractivity contribution in [1.82, 2.24) is 9.78 Å². The zero-order valence-corrected chi connectivity index (χ0v) is 7.95. The van der Waals surface area contributed by atoms with Gasteiger partial charge in [-0.3, -0.25) is 4.68 Å². The molecule has 12 heavy (non-hydrogen) atoms. The fourth-order valence-corrected chi connectivity index (χ4v) is 0.886. The van der Waals surface area contributed by atoms with Gasteiger partial charge in [0.2, 0.25) is 0 Å². The molecule has 0 bridgehead atoms. The Morgan fingerprint density at radius 1 is 1.67 bits per heavy atom. The summed E-state index contributed by atoms with van der Waals surface area (Å²) in [6, 6.07) is 1.97. The summed E-state index contributed by atoms with van der Waals surface area (Å²) in [5, 5.41) is 4.21. The molecule has 0 aromatic carbocycles. The van der Waals surface area contributed by atoms with Gasteiger partial charge in [-0.25, -0.2) is 0 Å². The number of aryl methyl sites for hydroxylation is 1. The normalized spacial score (nSPS) is 13.2. The fraction of sp³-hybridized carbons (Fsp3) is 0.667. The molecule has 1 atom stereocenters. The summed E-state index contributed by atoms with van der Waals surface area (Å²) >= 11 is 0. The van der Waals surface area contributed by atoms with Crippen molar-refractivity contribution in [3.63, 3.8) is 0 Å². The molecule has 0 aliphatic heterocycles. The maximum Gasteiger partial charge on any atom is 0.0910 e. The van der Waals surface area contributed by atoms with E-state index in [1.165, 1.54) is 0 Å². The average molecular weight is 168 g/mol. The standard InChI is InChI=1S/C9H16N2O/c1-4-8(2)12-7-9-5-6-11(3)10-9/h5-6,8H,4,7H2,1-3H3. The summed E-state index contributed by atoms with van der Waals surface area (Å²) < 4.78 is 7.30. The molecule has 0 N–H and O–H groups in total. The third-order valence-electron chi connectivity index (χ3n) is 1.86. The summed E-state index contributed by atoms with van der Waals surface area (Å²) in [4.78, 5) is 0. The van der Waals surface area contributed by atoms with Crippen molar-refractivity contribution in [2.24, 2.45) is 7.05 Å². The highest BCUT2D eigenvalue weighted by molar-refractivity contribution is 4.96. The Morgan fingerprint density at radius 2 is 2.42 bits per heavy atom. The lowest BCUT2D eigenvalue weighted by atomic mass is 10.3. The molecular weight excluding hydrogens is 152 g/mol. The SMILES string of the molecule is CCC(C)OCc1ccn(C)n1. The fourth-order valence-electron chi connectivity index (χ4n) is 0.886. The Labute approximate surface area is 73.3 Å². The number of aromatic nitrogens is 2. The Balaban J connectivity index is 2.33. The van der Waals surface area contributed by atoms with E-state index in [4.69, 9.17) is 4.74 Å². The highest BCUT2D eigenvalue weighted by Gasteiger charge is 2.00. The van der Waals surface area contributed by atoms with Crippen LogP contribution in [0.15, 0.2) is 12.3 Å². The van der Waals surface area contributed by atoms with Gasteiger partial charge in [-0.15, -0.1) is 0 Å². The van der Waals surface area contributed by atoms with Crippen LogP contribution in [0.5, 0.6) is 0 Å². The smallest absolute Gasteiger partial charge is 0.0910 e. The second-order valence-corrected chi connectivity index (χ2v) is 3.01. The van der Waals surface area contributed by atoms with Gasteiger partial charge in [0.1, 0.15) is 0 Å². The predicted molar refractivity (Wildman–Crippen MR) is 47.8 cm³/mol. The summed E-state index contributed by atoms with van der Waals surface area (Å²) in [6.07, 6.45) is 3.30. The first-order valence-corrected chi connectivity index (χ1v) is 4.32. The first-order chi connectivity index (χ1) is 5.72. The monoisotopic (exact) mass is 168 g/mol. The first kappa shape index (κ1) is 9.26. The van der Waals surface area contributed by atoms with Crippen LogP contribution in [0.1, 0.15) is 26.0 Å². The van der Waals surface area contributed by atoms with Crippen LogP contribution in [0.3, 0.4) is 0 Å². The van der Waals surface area contributed by atoms with Crippen LogP contribution in [0.25, 0.3) is 0 Å². The molecule has 0 aliphatic carbocycles. The largest absolute Gasteiger partial charge is 0.372 e. The summed E-state index contributed by atoms with van der Waals surface area (Å²) in [6.45, 7) is 4.81. The van der Waals surface area contributed by atoms with Gasteiger partial charge >= 0.3 is 0 Å². The molecule has 0 saturated carbocycles. The maximum absolute atomic E-state index is 5.51. The lowest BCUT2D eigenvalue weighted by molar-refractivity contribution is 0.0486. The maximum atomic E-state index is 5.51. The molecule has 1 aromatic heterocycles. The first-order valence-electron chi connectivity index (χ1n) is 4.32. The zero-order valence-electron chi connectivity index (χ0n) is 7.95. The highest BCUT2D eigenvalue weighted by Crippen LogP contribution is 2.02. The number of ether oxygens (including phenoxy) is 1. The van der Waals surface area contributed by atoms with Crippen LogP contribution >= 0.6 is 0 Å². The van der Waals surface area contributed by atoms with E-state index in [9.17, 15) is 0 Å². The minimum absolute atomic E-state index is 0.326. The molecule has 3 nitrogen and oxygen atoms in total. The lowest BCUT2D eigenvalue weighted by Gasteiger charge is -2.07. The van der Waals surface area contributed by atoms with Gasteiger partial charge in [-0.05, 0) is 19.4 Å². The molecule has 0 amide bonds. The quantitative estimate of drug-likeness (QED) is 0.684. The van der Waals surface area contributed by atoms with Crippen molar-refractivity contribution in [3.05, 3.63) is 18.0 Å². The predicted octanol–water partition coefficient (Wildman–Crippen LogP) is 1.74. The van der Waals surface area contributed by atoms with E-state index in [1.807, 2.05) is 19.3 Å². The molecular formula is C9H16N2O. The third-order valence-corrected chi connectivity index (χ3v) is 1.86. The topological polar surface area (TPSA) is 27.1 Å². The Kier molecular flexibility index (Phi) is 3.29. The van der Waals surface area contributed by atoms with Crippen LogP contribution in [-0.2, 0) is 18.4 Å². The van der Waals surface area contributed by atoms with E-state index in [-0.39, 0.29) is 0 Å². The van der Waals surface area contributed by atoms with Gasteiger partial charge in [0.05, 0.1) is 18.4 Å². The van der Waals surface area contributed by atoms with Crippen molar-refractivity contribution < 1.29 is 4.74 Å². The van der Waals surface area contributed by atoms with E-state index in [2.05, 4.69) is 18.9 Å². The molecule has 3 heteroatoms. The summed E-state index contributed by atoms with van der Waals surface area (Å²) in [5.41, 5.74) is 0.998. The third kappa shape index (κ3) is 2.66. The Hall–Kier alpha value is -0.830. The molecule has 0 saturated heterocycles.